The highest BCUT2D eigenvalue weighted by molar-refractivity contribution is 15.0. The molecule has 1 rings (SSSR count). The summed E-state index contributed by atoms with van der Waals surface area (Å²) in [7, 11) is 0. The van der Waals surface area contributed by atoms with Crippen molar-refractivity contribution in [3.63, 3.8) is 0 Å². The van der Waals surface area contributed by atoms with E-state index in [1.807, 2.05) is 13.8 Å². The van der Waals surface area contributed by atoms with E-state index in [-0.39, 0.29) is 0 Å². The van der Waals surface area contributed by atoms with Crippen molar-refractivity contribution >= 4 is 37.2 Å². The lowest BCUT2D eigenvalue weighted by Crippen LogP contribution is -1.88. The molecule has 14 heavy (non-hydrogen) atoms. The molecule has 0 saturated carbocycles. The van der Waals surface area contributed by atoms with Gasteiger partial charge in [-0.05, 0) is 24.0 Å². The van der Waals surface area contributed by atoms with E-state index >= 15 is 0 Å². The van der Waals surface area contributed by atoms with Crippen molar-refractivity contribution in [2.75, 3.05) is 0 Å². The fourth-order valence-corrected chi connectivity index (χ4v) is 1.25. The zero-order chi connectivity index (χ0) is 11.4. The monoisotopic (exact) mass is 418 g/mol. The summed E-state index contributed by atoms with van der Waals surface area (Å²) in [4.78, 5) is 0. The van der Waals surface area contributed by atoms with Crippen molar-refractivity contribution in [3.8, 4) is 0 Å². The number of benzene rings is 1. The summed E-state index contributed by atoms with van der Waals surface area (Å²) in [6.07, 6.45) is 2.31. The average molecular weight is 418 g/mol. The Bertz CT molecular complexity index is 186. The van der Waals surface area contributed by atoms with Crippen molar-refractivity contribution in [2.45, 2.75) is 40.5 Å². The molecule has 0 fully saturated rings. The zero-order valence-electron chi connectivity index (χ0n) is 9.48. The molecule has 0 amide bonds. The van der Waals surface area contributed by atoms with Crippen LogP contribution < -0.4 is 0 Å². The van der Waals surface area contributed by atoms with Crippen LogP contribution in [0.2, 0.25) is 0 Å². The average Bonchev–Trinajstić information content (AvgIpc) is 2.34. The third kappa shape index (κ3) is 7.04. The van der Waals surface area contributed by atoms with Crippen LogP contribution >= 0.6 is 37.2 Å². The Morgan fingerprint density at radius 3 is 1.36 bits per heavy atom. The van der Waals surface area contributed by atoms with Gasteiger partial charge < -0.3 is 0 Å². The minimum absolute atomic E-state index is 1.16. The molecule has 2 heteroatoms. The fourth-order valence-electron chi connectivity index (χ4n) is 1.25. The third-order valence-electron chi connectivity index (χ3n) is 1.88. The molecular formula is C12H20I2. The topological polar surface area (TPSA) is 0 Å². The van der Waals surface area contributed by atoms with Gasteiger partial charge in [-0.15, -0.1) is 0 Å². The van der Waals surface area contributed by atoms with E-state index in [0.29, 0.717) is 0 Å². The van der Waals surface area contributed by atoms with Crippen molar-refractivity contribution in [3.05, 3.63) is 35.4 Å². The van der Waals surface area contributed by atoms with Crippen LogP contribution in [0.25, 0.3) is 0 Å². The van der Waals surface area contributed by atoms with Crippen LogP contribution in [0.5, 0.6) is 0 Å². The van der Waals surface area contributed by atoms with Gasteiger partial charge in [-0.3, -0.25) is 0 Å². The standard InChI is InChI=1S/C10H14.C2H6.I2/c1-3-9-7-5-6-8-10(9)4-2;2*1-2/h5-8H,3-4H2,1-2H3;1-2H3;. The molecule has 82 valence electrons. The van der Waals surface area contributed by atoms with Gasteiger partial charge in [-0.25, -0.2) is 0 Å². The Morgan fingerprint density at radius 1 is 0.857 bits per heavy atom. The van der Waals surface area contributed by atoms with Crippen LogP contribution in [0.3, 0.4) is 0 Å². The van der Waals surface area contributed by atoms with Crippen LogP contribution in [0, 0.1) is 0 Å². The van der Waals surface area contributed by atoms with Gasteiger partial charge in [0, 0.05) is 37.2 Å². The molecule has 0 radical (unpaired) electrons. The van der Waals surface area contributed by atoms with Crippen LogP contribution in [-0.4, -0.2) is 0 Å². The summed E-state index contributed by atoms with van der Waals surface area (Å²) < 4.78 is 0. The molecule has 0 spiro atoms. The third-order valence-corrected chi connectivity index (χ3v) is 1.88. The Kier molecular flexibility index (Phi) is 16.7. The lowest BCUT2D eigenvalue weighted by Gasteiger charge is -2.02. The van der Waals surface area contributed by atoms with Gasteiger partial charge in [0.05, 0.1) is 0 Å². The van der Waals surface area contributed by atoms with Gasteiger partial charge in [0.25, 0.3) is 0 Å². The van der Waals surface area contributed by atoms with E-state index in [4.69, 9.17) is 0 Å². The van der Waals surface area contributed by atoms with Gasteiger partial charge in [0.15, 0.2) is 0 Å². The Balaban J connectivity index is 0. The first-order valence-electron chi connectivity index (χ1n) is 5.09. The van der Waals surface area contributed by atoms with E-state index in [1.54, 1.807) is 0 Å². The second-order valence-electron chi connectivity index (χ2n) is 2.48. The van der Waals surface area contributed by atoms with Gasteiger partial charge >= 0.3 is 0 Å². The fraction of sp³-hybridized carbons (Fsp3) is 0.500. The number of rotatable bonds is 2. The molecule has 0 nitrogen and oxygen atoms in total. The molecule has 0 atom stereocenters. The van der Waals surface area contributed by atoms with Gasteiger partial charge in [-0.1, -0.05) is 52.0 Å². The number of aryl methyl sites for hydroxylation is 2. The molecule has 1 aromatic carbocycles. The minimum Gasteiger partial charge on any atom is -0.0683 e. The summed E-state index contributed by atoms with van der Waals surface area (Å²) in [6, 6.07) is 8.63. The van der Waals surface area contributed by atoms with E-state index in [1.165, 1.54) is 11.1 Å². The summed E-state index contributed by atoms with van der Waals surface area (Å²) in [6.45, 7) is 8.41. The number of halogens is 2. The Labute approximate surface area is 112 Å². The van der Waals surface area contributed by atoms with Gasteiger partial charge in [0.1, 0.15) is 0 Å². The number of hydrogen-bond acceptors (Lipinski definition) is 0. The van der Waals surface area contributed by atoms with Crippen molar-refractivity contribution in [1.29, 1.82) is 0 Å². The molecule has 1 aromatic rings. The van der Waals surface area contributed by atoms with Crippen molar-refractivity contribution in [2.24, 2.45) is 0 Å². The maximum Gasteiger partial charge on any atom is 0 e. The summed E-state index contributed by atoms with van der Waals surface area (Å²) >= 11 is 4.24. The quantitative estimate of drug-likeness (QED) is 0.548. The molecule has 0 saturated heterocycles. The van der Waals surface area contributed by atoms with E-state index < -0.39 is 0 Å². The molecule has 0 aliphatic carbocycles. The second kappa shape index (κ2) is 13.7. The Morgan fingerprint density at radius 2 is 1.14 bits per heavy atom. The molecule has 0 heterocycles. The highest BCUT2D eigenvalue weighted by atomic mass is 128. The first-order chi connectivity index (χ1) is 6.88. The highest BCUT2D eigenvalue weighted by Crippen LogP contribution is 2.08. The first kappa shape index (κ1) is 17.1. The maximum absolute atomic E-state index is 2.21. The van der Waals surface area contributed by atoms with Crippen LogP contribution in [-0.2, 0) is 12.8 Å². The predicted octanol–water partition coefficient (Wildman–Crippen LogP) is 5.61. The lowest BCUT2D eigenvalue weighted by molar-refractivity contribution is 1.04. The molecule has 0 aliphatic heterocycles. The molecular weight excluding hydrogens is 398 g/mol. The minimum atomic E-state index is 1.16. The van der Waals surface area contributed by atoms with Crippen LogP contribution in [0.4, 0.5) is 0 Å². The summed E-state index contributed by atoms with van der Waals surface area (Å²) in [5.41, 5.74) is 2.98. The molecule has 0 aliphatic rings. The van der Waals surface area contributed by atoms with Crippen molar-refractivity contribution in [1.82, 2.24) is 0 Å². The molecule has 0 N–H and O–H groups in total. The predicted molar refractivity (Wildman–Crippen MR) is 84.6 cm³/mol. The van der Waals surface area contributed by atoms with E-state index in [0.717, 1.165) is 12.8 Å². The van der Waals surface area contributed by atoms with E-state index in [2.05, 4.69) is 75.3 Å². The van der Waals surface area contributed by atoms with Gasteiger partial charge in [0.2, 0.25) is 0 Å². The van der Waals surface area contributed by atoms with Crippen LogP contribution in [0.1, 0.15) is 38.8 Å². The Hall–Kier alpha value is 0.680. The normalized spacial score (nSPS) is 7.86. The lowest BCUT2D eigenvalue weighted by atomic mass is 10.0. The molecule has 0 aromatic heterocycles. The van der Waals surface area contributed by atoms with Gasteiger partial charge in [-0.2, -0.15) is 0 Å². The van der Waals surface area contributed by atoms with Crippen LogP contribution in [0.15, 0.2) is 24.3 Å². The largest absolute Gasteiger partial charge is 0.0683 e. The second-order valence-corrected chi connectivity index (χ2v) is 2.48. The summed E-state index contributed by atoms with van der Waals surface area (Å²) in [5.74, 6) is 0. The van der Waals surface area contributed by atoms with E-state index in [9.17, 15) is 0 Å². The maximum atomic E-state index is 2.21. The highest BCUT2D eigenvalue weighted by Gasteiger charge is 1.93. The molecule has 0 bridgehead atoms. The SMILES string of the molecule is CC.CCc1ccccc1CC.II. The van der Waals surface area contributed by atoms with Crippen molar-refractivity contribution < 1.29 is 0 Å². The first-order valence-corrected chi connectivity index (χ1v) is 11.4. The summed E-state index contributed by atoms with van der Waals surface area (Å²) in [5, 5.41) is 0. The number of hydrogen-bond donors (Lipinski definition) is 0. The zero-order valence-corrected chi connectivity index (χ0v) is 13.8. The molecule has 0 unspecified atom stereocenters. The smallest absolute Gasteiger partial charge is 0 e.